The van der Waals surface area contributed by atoms with Gasteiger partial charge < -0.3 is 0 Å². The Kier molecular flexibility index (Phi) is 1.81. The molecular formula is C7H11N5O2. The summed E-state index contributed by atoms with van der Waals surface area (Å²) in [5.41, 5.74) is 4.86. The molecule has 2 rings (SSSR count). The SMILES string of the molecule is CC(C)N1NNc2c1[nH]c(=O)[nH]c2=O. The highest BCUT2D eigenvalue weighted by molar-refractivity contribution is 5.67. The Morgan fingerprint density at radius 2 is 1.93 bits per heavy atom. The van der Waals surface area contributed by atoms with Gasteiger partial charge in [0.1, 0.15) is 0 Å². The lowest BCUT2D eigenvalue weighted by Crippen LogP contribution is -2.41. The number of aromatic nitrogens is 2. The van der Waals surface area contributed by atoms with Crippen LogP contribution in [0.25, 0.3) is 0 Å². The lowest BCUT2D eigenvalue weighted by Gasteiger charge is -2.20. The predicted octanol–water partition coefficient (Wildman–Crippen LogP) is -0.877. The molecule has 0 bridgehead atoms. The first kappa shape index (κ1) is 8.82. The second-order valence-electron chi connectivity index (χ2n) is 3.33. The second-order valence-corrected chi connectivity index (χ2v) is 3.33. The van der Waals surface area contributed by atoms with Gasteiger partial charge in [0.05, 0.1) is 0 Å². The quantitative estimate of drug-likeness (QED) is 0.469. The molecule has 7 heteroatoms. The van der Waals surface area contributed by atoms with Gasteiger partial charge in [0.25, 0.3) is 5.56 Å². The largest absolute Gasteiger partial charge is 0.327 e. The van der Waals surface area contributed by atoms with Crippen LogP contribution in [-0.4, -0.2) is 16.0 Å². The number of hydrogen-bond donors (Lipinski definition) is 4. The molecular weight excluding hydrogens is 186 g/mol. The highest BCUT2D eigenvalue weighted by Gasteiger charge is 2.24. The Labute approximate surface area is 79.1 Å². The summed E-state index contributed by atoms with van der Waals surface area (Å²) < 4.78 is 0. The average molecular weight is 197 g/mol. The Bertz CT molecular complexity index is 460. The van der Waals surface area contributed by atoms with Gasteiger partial charge in [-0.05, 0) is 13.8 Å². The van der Waals surface area contributed by atoms with Crippen molar-refractivity contribution < 1.29 is 0 Å². The topological polar surface area (TPSA) is 93.0 Å². The highest BCUT2D eigenvalue weighted by atomic mass is 16.2. The third-order valence-corrected chi connectivity index (χ3v) is 1.98. The van der Waals surface area contributed by atoms with Crippen molar-refractivity contribution >= 4 is 11.5 Å². The molecule has 0 spiro atoms. The van der Waals surface area contributed by atoms with Gasteiger partial charge in [-0.1, -0.05) is 0 Å². The molecule has 0 saturated carbocycles. The van der Waals surface area contributed by atoms with Crippen molar-refractivity contribution in [2.24, 2.45) is 0 Å². The average Bonchev–Trinajstić information content (AvgIpc) is 2.47. The van der Waals surface area contributed by atoms with Gasteiger partial charge in [0, 0.05) is 6.04 Å². The van der Waals surface area contributed by atoms with Crippen LogP contribution in [0.5, 0.6) is 0 Å². The fourth-order valence-corrected chi connectivity index (χ4v) is 1.33. The Morgan fingerprint density at radius 3 is 2.57 bits per heavy atom. The molecule has 1 aromatic heterocycles. The van der Waals surface area contributed by atoms with Crippen LogP contribution >= 0.6 is 0 Å². The minimum absolute atomic E-state index is 0.126. The molecule has 0 radical (unpaired) electrons. The van der Waals surface area contributed by atoms with Crippen molar-refractivity contribution in [2.45, 2.75) is 19.9 Å². The molecule has 76 valence electrons. The van der Waals surface area contributed by atoms with Crippen LogP contribution < -0.4 is 27.2 Å². The van der Waals surface area contributed by atoms with Crippen molar-refractivity contribution in [1.29, 1.82) is 0 Å². The summed E-state index contributed by atoms with van der Waals surface area (Å²) >= 11 is 0. The molecule has 0 amide bonds. The number of nitrogens with one attached hydrogen (secondary N) is 4. The van der Waals surface area contributed by atoms with Crippen molar-refractivity contribution in [1.82, 2.24) is 15.5 Å². The highest BCUT2D eigenvalue weighted by Crippen LogP contribution is 2.21. The van der Waals surface area contributed by atoms with Crippen molar-refractivity contribution in [3.05, 3.63) is 20.8 Å². The number of hydrazine groups is 2. The maximum Gasteiger partial charge on any atom is 0.327 e. The van der Waals surface area contributed by atoms with Crippen molar-refractivity contribution in [3.63, 3.8) is 0 Å². The van der Waals surface area contributed by atoms with Crippen LogP contribution in [0, 0.1) is 0 Å². The summed E-state index contributed by atoms with van der Waals surface area (Å²) in [7, 11) is 0. The standard InChI is InChI=1S/C7H11N5O2/c1-3(2)12-5-4(10-11-12)6(13)9-7(14)8-5/h3,10-11H,1-2H3,(H2,8,9,13,14). The van der Waals surface area contributed by atoms with Gasteiger partial charge in [-0.3, -0.25) is 25.2 Å². The molecule has 14 heavy (non-hydrogen) atoms. The van der Waals surface area contributed by atoms with Crippen LogP contribution in [0.4, 0.5) is 11.5 Å². The minimum atomic E-state index is -0.509. The van der Waals surface area contributed by atoms with Crippen LogP contribution in [0.3, 0.4) is 0 Å². The van der Waals surface area contributed by atoms with E-state index in [0.717, 1.165) is 0 Å². The molecule has 1 aliphatic heterocycles. The summed E-state index contributed by atoms with van der Waals surface area (Å²) in [6.07, 6.45) is 0. The van der Waals surface area contributed by atoms with Crippen LogP contribution in [0.15, 0.2) is 9.59 Å². The van der Waals surface area contributed by atoms with E-state index in [0.29, 0.717) is 11.5 Å². The minimum Gasteiger partial charge on any atom is -0.296 e. The van der Waals surface area contributed by atoms with E-state index in [1.165, 1.54) is 0 Å². The van der Waals surface area contributed by atoms with Gasteiger partial charge in [-0.25, -0.2) is 4.79 Å². The Hall–Kier alpha value is -1.76. The van der Waals surface area contributed by atoms with E-state index < -0.39 is 11.2 Å². The van der Waals surface area contributed by atoms with Gasteiger partial charge in [0.15, 0.2) is 11.5 Å². The third-order valence-electron chi connectivity index (χ3n) is 1.98. The van der Waals surface area contributed by atoms with Crippen LogP contribution in [0.1, 0.15) is 13.8 Å². The van der Waals surface area contributed by atoms with E-state index in [1.807, 2.05) is 13.8 Å². The summed E-state index contributed by atoms with van der Waals surface area (Å²) in [5.74, 6) is 0.466. The molecule has 0 fully saturated rings. The Balaban J connectivity index is 2.60. The molecule has 0 unspecified atom stereocenters. The van der Waals surface area contributed by atoms with E-state index in [-0.39, 0.29) is 6.04 Å². The second kappa shape index (κ2) is 2.88. The van der Waals surface area contributed by atoms with E-state index >= 15 is 0 Å². The number of aromatic amines is 2. The zero-order valence-electron chi connectivity index (χ0n) is 7.84. The van der Waals surface area contributed by atoms with Crippen molar-refractivity contribution in [2.75, 3.05) is 10.4 Å². The fourth-order valence-electron chi connectivity index (χ4n) is 1.33. The fraction of sp³-hybridized carbons (Fsp3) is 0.429. The van der Waals surface area contributed by atoms with Crippen molar-refractivity contribution in [3.8, 4) is 0 Å². The van der Waals surface area contributed by atoms with Crippen LogP contribution in [-0.2, 0) is 0 Å². The predicted molar refractivity (Wildman–Crippen MR) is 52.1 cm³/mol. The molecule has 2 heterocycles. The van der Waals surface area contributed by atoms with Gasteiger partial charge in [0.2, 0.25) is 0 Å². The lowest BCUT2D eigenvalue weighted by molar-refractivity contribution is 0.625. The number of anilines is 2. The smallest absolute Gasteiger partial charge is 0.296 e. The number of nitrogens with zero attached hydrogens (tertiary/aromatic N) is 1. The number of rotatable bonds is 1. The molecule has 4 N–H and O–H groups in total. The number of hydrogen-bond acceptors (Lipinski definition) is 5. The first-order chi connectivity index (χ1) is 6.59. The maximum atomic E-state index is 11.3. The number of H-pyrrole nitrogens is 2. The van der Waals surface area contributed by atoms with Gasteiger partial charge in [-0.2, -0.15) is 0 Å². The Morgan fingerprint density at radius 1 is 1.21 bits per heavy atom. The first-order valence-corrected chi connectivity index (χ1v) is 4.27. The molecule has 0 aliphatic carbocycles. The monoisotopic (exact) mass is 197 g/mol. The van der Waals surface area contributed by atoms with Gasteiger partial charge >= 0.3 is 5.69 Å². The first-order valence-electron chi connectivity index (χ1n) is 4.27. The molecule has 1 aliphatic rings. The molecule has 0 aromatic carbocycles. The molecule has 0 atom stereocenters. The summed E-state index contributed by atoms with van der Waals surface area (Å²) in [6, 6.07) is 0.126. The number of fused-ring (bicyclic) bond motifs is 1. The molecule has 0 saturated heterocycles. The van der Waals surface area contributed by atoms with E-state index in [9.17, 15) is 9.59 Å². The zero-order valence-corrected chi connectivity index (χ0v) is 7.84. The normalized spacial score (nSPS) is 14.4. The van der Waals surface area contributed by atoms with E-state index in [4.69, 9.17) is 0 Å². The summed E-state index contributed by atoms with van der Waals surface area (Å²) in [4.78, 5) is 27.0. The molecule has 1 aromatic rings. The summed E-state index contributed by atoms with van der Waals surface area (Å²) in [6.45, 7) is 3.87. The third kappa shape index (κ3) is 1.18. The zero-order chi connectivity index (χ0) is 10.3. The lowest BCUT2D eigenvalue weighted by atomic mass is 10.3. The van der Waals surface area contributed by atoms with Crippen LogP contribution in [0.2, 0.25) is 0 Å². The summed E-state index contributed by atoms with van der Waals surface area (Å²) in [5, 5.41) is 1.67. The van der Waals surface area contributed by atoms with Gasteiger partial charge in [-0.15, -0.1) is 5.53 Å². The molecule has 7 nitrogen and oxygen atoms in total. The maximum absolute atomic E-state index is 11.3. The van der Waals surface area contributed by atoms with E-state index in [1.54, 1.807) is 5.01 Å². The van der Waals surface area contributed by atoms with E-state index in [2.05, 4.69) is 20.9 Å².